The summed E-state index contributed by atoms with van der Waals surface area (Å²) in [5.41, 5.74) is 11.1. The highest BCUT2D eigenvalue weighted by molar-refractivity contribution is 8.44. The van der Waals surface area contributed by atoms with Crippen LogP contribution in [0.4, 0.5) is 20.4 Å². The lowest BCUT2D eigenvalue weighted by molar-refractivity contribution is -0.0489. The molecule has 0 spiro atoms. The number of H-pyrrole nitrogens is 1. The van der Waals surface area contributed by atoms with E-state index in [-0.39, 0.29) is 34.0 Å². The Hall–Kier alpha value is -2.72. The number of ether oxygens (including phenoxy) is 1. The molecule has 3 aliphatic heterocycles. The van der Waals surface area contributed by atoms with Crippen LogP contribution in [0.2, 0.25) is 0 Å². The molecule has 0 saturated carbocycles. The van der Waals surface area contributed by atoms with Gasteiger partial charge in [-0.1, -0.05) is 17.5 Å². The van der Waals surface area contributed by atoms with Crippen LogP contribution in [0, 0.1) is 0 Å². The van der Waals surface area contributed by atoms with E-state index in [4.69, 9.17) is 34.3 Å². The van der Waals surface area contributed by atoms with Gasteiger partial charge in [-0.15, -0.1) is 16.9 Å². The highest BCUT2D eigenvalue weighted by Crippen LogP contribution is 2.60. The van der Waals surface area contributed by atoms with Gasteiger partial charge in [0.25, 0.3) is 5.56 Å². The van der Waals surface area contributed by atoms with Gasteiger partial charge < -0.3 is 21.1 Å². The van der Waals surface area contributed by atoms with Gasteiger partial charge in [-0.25, -0.2) is 27.9 Å². The average Bonchev–Trinajstić information content (AvgIpc) is 3.72. The molecule has 3 saturated heterocycles. The molecule has 242 valence electrons. The van der Waals surface area contributed by atoms with Crippen LogP contribution in [0.25, 0.3) is 22.3 Å². The molecule has 10 atom stereocenters. The molecule has 0 amide bonds. The molecule has 3 fully saturated rings. The number of thioether (sulfide) groups is 1. The van der Waals surface area contributed by atoms with Gasteiger partial charge in [0.1, 0.15) is 29.9 Å². The second-order valence-electron chi connectivity index (χ2n) is 10.1. The number of hydrogen-bond donors (Lipinski definition) is 5. The molecule has 0 radical (unpaired) electrons. The fourth-order valence-corrected chi connectivity index (χ4v) is 9.25. The topological polar surface area (TPSA) is 260 Å². The number of aromatic amines is 1. The van der Waals surface area contributed by atoms with Gasteiger partial charge in [0.05, 0.1) is 30.5 Å². The van der Waals surface area contributed by atoms with E-state index in [1.165, 1.54) is 23.2 Å². The van der Waals surface area contributed by atoms with E-state index in [9.17, 15) is 18.8 Å². The number of anilines is 2. The zero-order valence-electron chi connectivity index (χ0n) is 22.3. The van der Waals surface area contributed by atoms with Crippen molar-refractivity contribution in [3.63, 3.8) is 0 Å². The summed E-state index contributed by atoms with van der Waals surface area (Å²) in [6.07, 6.45) is -8.25. The van der Waals surface area contributed by atoms with Gasteiger partial charge in [-0.05, 0) is 6.07 Å². The maximum Gasteiger partial charge on any atom is 0.472 e. The van der Waals surface area contributed by atoms with E-state index in [0.29, 0.717) is 0 Å². The number of thiol groups is 1. The van der Waals surface area contributed by atoms with Gasteiger partial charge >= 0.3 is 14.6 Å². The first kappa shape index (κ1) is 30.9. The Morgan fingerprint density at radius 3 is 2.69 bits per heavy atom. The van der Waals surface area contributed by atoms with Crippen LogP contribution in [0.15, 0.2) is 23.4 Å². The molecule has 7 rings (SSSR count). The van der Waals surface area contributed by atoms with Crippen molar-refractivity contribution in [1.29, 1.82) is 0 Å². The molecule has 0 aliphatic carbocycles. The quantitative estimate of drug-likeness (QED) is 0.145. The van der Waals surface area contributed by atoms with E-state index < -0.39 is 80.9 Å². The fourth-order valence-electron chi connectivity index (χ4n) is 5.18. The Labute approximate surface area is 258 Å². The molecule has 6 N–H and O–H groups in total. The van der Waals surface area contributed by atoms with Crippen molar-refractivity contribution in [3.05, 3.63) is 28.9 Å². The zero-order valence-corrected chi connectivity index (χ0v) is 25.8. The third-order valence-corrected chi connectivity index (χ3v) is 11.3. The minimum Gasteiger partial charge on any atom is -0.397 e. The first-order valence-corrected chi connectivity index (χ1v) is 18.0. The predicted octanol–water partition coefficient (Wildman–Crippen LogP) is 1.27. The van der Waals surface area contributed by atoms with Crippen LogP contribution in [0.3, 0.4) is 0 Å². The van der Waals surface area contributed by atoms with Crippen molar-refractivity contribution < 1.29 is 45.6 Å². The van der Waals surface area contributed by atoms with Gasteiger partial charge in [0.2, 0.25) is 5.95 Å². The number of hydrogen-bond acceptors (Lipinski definition) is 16. The lowest BCUT2D eigenvalue weighted by atomic mass is 10.1. The number of imidazole rings is 1. The Morgan fingerprint density at radius 1 is 1.09 bits per heavy atom. The molecule has 4 aromatic rings. The molecule has 19 nitrogen and oxygen atoms in total. The SMILES string of the molecule is Nc1nc2c(ncn2[C@@H]2S[C@@H]3COP(=O)(O)O[C@H]4[C@H](F)[C@H](n5nnc6c(N)ccnc65)O[C@@H]4COP(=O)(S)O[C@@H]2[C@H]3F)c(=O)[nH]1. The van der Waals surface area contributed by atoms with Crippen molar-refractivity contribution in [2.75, 3.05) is 24.7 Å². The summed E-state index contributed by atoms with van der Waals surface area (Å²) in [6, 6.07) is 1.46. The number of nitrogens with zero attached hydrogens (tertiary/aromatic N) is 7. The molecule has 45 heavy (non-hydrogen) atoms. The standard InChI is InChI=1S/C20H22F2N10O9P2S2/c21-9-8-4-37-42(34,35)40-13-7(39-18(10(13)22)32-15-11(29-30-32)6(23)1-2-25-15)3-38-43(36,44)41-14(9)19(45-8)31-5-26-12-16(31)27-20(24)28-17(12)33/h1-2,5,7-10,13-14,18-19H,3-4H2,(H2,23,25)(H,34,35)(H,36,44)(H3,24,27,28,33)/t7-,8-,9+,10+,13-,14-,18-,19-,43?/m1/s1. The van der Waals surface area contributed by atoms with Crippen molar-refractivity contribution in [2.45, 2.75) is 47.5 Å². The summed E-state index contributed by atoms with van der Waals surface area (Å²) < 4.78 is 87.5. The smallest absolute Gasteiger partial charge is 0.397 e. The summed E-state index contributed by atoms with van der Waals surface area (Å²) >= 11 is 4.83. The third kappa shape index (κ3) is 5.53. The van der Waals surface area contributed by atoms with E-state index in [1.807, 2.05) is 0 Å². The lowest BCUT2D eigenvalue weighted by Gasteiger charge is -2.26. The number of nitrogens with two attached hydrogens (primary N) is 2. The third-order valence-electron chi connectivity index (χ3n) is 7.21. The average molecular weight is 711 g/mol. The van der Waals surface area contributed by atoms with E-state index in [1.54, 1.807) is 0 Å². The number of rotatable bonds is 2. The normalized spacial score (nSPS) is 37.7. The van der Waals surface area contributed by atoms with Crippen LogP contribution in [-0.2, 0) is 32.0 Å². The molecule has 3 aliphatic rings. The molecule has 4 aromatic heterocycles. The monoisotopic (exact) mass is 710 g/mol. The first-order valence-electron chi connectivity index (χ1n) is 12.9. The second kappa shape index (κ2) is 11.2. The first-order chi connectivity index (χ1) is 21.3. The van der Waals surface area contributed by atoms with Gasteiger partial charge in [0, 0.05) is 6.20 Å². The van der Waals surface area contributed by atoms with E-state index in [0.717, 1.165) is 16.4 Å². The van der Waals surface area contributed by atoms with Crippen LogP contribution in [0.1, 0.15) is 11.6 Å². The number of nitrogens with one attached hydrogen (secondary N) is 1. The van der Waals surface area contributed by atoms with Gasteiger partial charge in [-0.3, -0.25) is 32.4 Å². The van der Waals surface area contributed by atoms with Crippen LogP contribution >= 0.6 is 38.6 Å². The second-order valence-corrected chi connectivity index (χ2v) is 15.7. The van der Waals surface area contributed by atoms with Crippen molar-refractivity contribution in [1.82, 2.24) is 39.5 Å². The number of phosphoric ester groups is 1. The number of nitrogen functional groups attached to an aromatic ring is 2. The molecule has 2 bridgehead atoms. The number of fused-ring (bicyclic) bond motifs is 5. The highest BCUT2D eigenvalue weighted by Gasteiger charge is 2.54. The summed E-state index contributed by atoms with van der Waals surface area (Å²) in [6.45, 7) is -5.99. The van der Waals surface area contributed by atoms with Crippen molar-refractivity contribution >= 4 is 72.6 Å². The summed E-state index contributed by atoms with van der Waals surface area (Å²) in [5.74, 6) is -0.246. The predicted molar refractivity (Wildman–Crippen MR) is 154 cm³/mol. The Kier molecular flexibility index (Phi) is 7.70. The Bertz CT molecular complexity index is 1950. The van der Waals surface area contributed by atoms with E-state index in [2.05, 4.69) is 42.5 Å². The Balaban J connectivity index is 1.21. The number of pyridine rings is 1. The van der Waals surface area contributed by atoms with Crippen molar-refractivity contribution in [3.8, 4) is 0 Å². The van der Waals surface area contributed by atoms with Crippen LogP contribution < -0.4 is 17.0 Å². The van der Waals surface area contributed by atoms with Gasteiger partial charge in [-0.2, -0.15) is 9.67 Å². The Morgan fingerprint density at radius 2 is 1.89 bits per heavy atom. The fraction of sp³-hybridized carbons (Fsp3) is 0.500. The van der Waals surface area contributed by atoms with Crippen LogP contribution in [0.5, 0.6) is 0 Å². The van der Waals surface area contributed by atoms with Crippen LogP contribution in [-0.4, -0.2) is 93.5 Å². The number of halogens is 2. The lowest BCUT2D eigenvalue weighted by Crippen LogP contribution is -2.34. The minimum absolute atomic E-state index is 0.0394. The summed E-state index contributed by atoms with van der Waals surface area (Å²) in [5, 5.41) is 5.39. The largest absolute Gasteiger partial charge is 0.472 e. The zero-order chi connectivity index (χ0) is 31.8. The van der Waals surface area contributed by atoms with Gasteiger partial charge in [0.15, 0.2) is 34.7 Å². The summed E-state index contributed by atoms with van der Waals surface area (Å²) in [7, 11) is -5.10. The molecule has 7 heterocycles. The molecule has 25 heteroatoms. The molecular weight excluding hydrogens is 688 g/mol. The molecule has 0 aromatic carbocycles. The molecule has 2 unspecified atom stereocenters. The highest BCUT2D eigenvalue weighted by atomic mass is 32.7. The minimum atomic E-state index is -5.10. The number of phosphoric acid groups is 1. The van der Waals surface area contributed by atoms with Crippen molar-refractivity contribution in [2.24, 2.45) is 0 Å². The maximum atomic E-state index is 15.9. The number of alkyl halides is 2. The van der Waals surface area contributed by atoms with E-state index >= 15 is 8.78 Å². The molecular formula is C20H22F2N10O9P2S2. The maximum absolute atomic E-state index is 15.9. The summed E-state index contributed by atoms with van der Waals surface area (Å²) in [4.78, 5) is 37.3. The number of aromatic nitrogens is 8.